The van der Waals surface area contributed by atoms with Gasteiger partial charge in [0.15, 0.2) is 41.4 Å². The number of benzene rings is 1. The molecule has 0 bridgehead atoms. The van der Waals surface area contributed by atoms with Crippen molar-refractivity contribution in [1.82, 2.24) is 0 Å². The number of aliphatic hydroxyl groups excluding tert-OH is 2. The zero-order chi connectivity index (χ0) is 17.8. The van der Waals surface area contributed by atoms with E-state index < -0.39 is 52.0 Å². The zero-order valence-corrected chi connectivity index (χ0v) is 11.9. The number of carbonyl (C=O) groups excluding carboxylic acids is 4. The fraction of sp³-hybridized carbons (Fsp3) is 0.125. The number of phenols is 2. The number of hydrogen-bond acceptors (Lipinski definition) is 8. The Bertz CT molecular complexity index is 890. The predicted molar refractivity (Wildman–Crippen MR) is 77.2 cm³/mol. The van der Waals surface area contributed by atoms with Gasteiger partial charge in [-0.1, -0.05) is 6.08 Å². The highest BCUT2D eigenvalue weighted by atomic mass is 16.3. The number of carbonyl (C=O) groups is 4. The molecule has 2 aliphatic rings. The fourth-order valence-corrected chi connectivity index (χ4v) is 2.99. The second-order valence-corrected chi connectivity index (χ2v) is 5.41. The van der Waals surface area contributed by atoms with Crippen molar-refractivity contribution in [3.8, 4) is 11.5 Å². The second-order valence-electron chi connectivity index (χ2n) is 5.41. The first-order valence-electron chi connectivity index (χ1n) is 6.75. The number of aromatic hydroxyl groups is 2. The number of allylic oxidation sites excluding steroid dienone is 3. The van der Waals surface area contributed by atoms with Gasteiger partial charge in [0, 0.05) is 5.56 Å². The maximum Gasteiger partial charge on any atom is 0.179 e. The first-order valence-corrected chi connectivity index (χ1v) is 6.75. The van der Waals surface area contributed by atoms with Crippen LogP contribution in [0.3, 0.4) is 0 Å². The van der Waals surface area contributed by atoms with Gasteiger partial charge in [0.25, 0.3) is 0 Å². The standard InChI is InChI=1S/C16H10O8/c17-3-5-1-7-9(15(23)11(5)19)14(22)10-8(13(7)21)2-6(4-18)12(20)16(10)24/h1-4,7,9,19-20,23-24H. The van der Waals surface area contributed by atoms with E-state index in [1.54, 1.807) is 0 Å². The van der Waals surface area contributed by atoms with Gasteiger partial charge in [-0.05, 0) is 6.07 Å². The molecule has 3 rings (SSSR count). The summed E-state index contributed by atoms with van der Waals surface area (Å²) in [5, 5.41) is 39.4. The molecule has 8 nitrogen and oxygen atoms in total. The Kier molecular flexibility index (Phi) is 3.26. The number of fused-ring (bicyclic) bond motifs is 2. The fourth-order valence-electron chi connectivity index (χ4n) is 2.99. The van der Waals surface area contributed by atoms with Crippen molar-refractivity contribution in [2.75, 3.05) is 0 Å². The van der Waals surface area contributed by atoms with Crippen LogP contribution in [0.25, 0.3) is 0 Å². The van der Waals surface area contributed by atoms with Crippen molar-refractivity contribution in [2.45, 2.75) is 0 Å². The van der Waals surface area contributed by atoms with Gasteiger partial charge in [-0.15, -0.1) is 0 Å². The van der Waals surface area contributed by atoms with Crippen LogP contribution in [-0.4, -0.2) is 44.6 Å². The molecule has 2 atom stereocenters. The summed E-state index contributed by atoms with van der Waals surface area (Å²) in [5.41, 5.74) is -1.60. The summed E-state index contributed by atoms with van der Waals surface area (Å²) in [6.45, 7) is 0. The molecule has 1 aromatic rings. The van der Waals surface area contributed by atoms with Crippen LogP contribution in [0.5, 0.6) is 11.5 Å². The third kappa shape index (κ3) is 1.79. The van der Waals surface area contributed by atoms with Gasteiger partial charge >= 0.3 is 0 Å². The number of hydrogen-bond donors (Lipinski definition) is 4. The number of Topliss-reactive ketones (excluding diaryl/α,β-unsaturated/α-hetero) is 2. The molecule has 0 saturated heterocycles. The molecule has 2 unspecified atom stereocenters. The van der Waals surface area contributed by atoms with Crippen LogP contribution in [0, 0.1) is 11.8 Å². The average Bonchev–Trinajstić information content (AvgIpc) is 2.57. The van der Waals surface area contributed by atoms with Crippen molar-refractivity contribution >= 4 is 24.1 Å². The van der Waals surface area contributed by atoms with E-state index in [2.05, 4.69) is 0 Å². The van der Waals surface area contributed by atoms with Crippen molar-refractivity contribution < 1.29 is 39.6 Å². The first-order chi connectivity index (χ1) is 11.3. The van der Waals surface area contributed by atoms with Gasteiger partial charge in [0.05, 0.1) is 28.5 Å². The summed E-state index contributed by atoms with van der Waals surface area (Å²) in [4.78, 5) is 47.0. The Morgan fingerprint density at radius 2 is 1.58 bits per heavy atom. The molecule has 0 heterocycles. The Balaban J connectivity index is 2.31. The summed E-state index contributed by atoms with van der Waals surface area (Å²) >= 11 is 0. The number of aldehydes is 2. The van der Waals surface area contributed by atoms with E-state index in [0.717, 1.165) is 12.1 Å². The minimum atomic E-state index is -1.53. The lowest BCUT2D eigenvalue weighted by Crippen LogP contribution is -2.39. The van der Waals surface area contributed by atoms with Gasteiger partial charge in [-0.3, -0.25) is 19.2 Å². The van der Waals surface area contributed by atoms with Crippen molar-refractivity contribution in [3.63, 3.8) is 0 Å². The molecule has 1 aromatic carbocycles. The molecule has 0 radical (unpaired) electrons. The number of rotatable bonds is 2. The third-order valence-corrected chi connectivity index (χ3v) is 4.18. The van der Waals surface area contributed by atoms with Crippen LogP contribution in [0.2, 0.25) is 0 Å². The topological polar surface area (TPSA) is 149 Å². The lowest BCUT2D eigenvalue weighted by Gasteiger charge is -2.32. The van der Waals surface area contributed by atoms with E-state index in [-0.39, 0.29) is 29.3 Å². The van der Waals surface area contributed by atoms with Crippen molar-refractivity contribution in [1.29, 1.82) is 0 Å². The van der Waals surface area contributed by atoms with E-state index in [4.69, 9.17) is 0 Å². The first kappa shape index (κ1) is 15.5. The average molecular weight is 330 g/mol. The Hall–Kier alpha value is -3.42. The molecule has 0 saturated carbocycles. The van der Waals surface area contributed by atoms with Crippen molar-refractivity contribution in [2.24, 2.45) is 11.8 Å². The molecule has 8 heteroatoms. The third-order valence-electron chi connectivity index (χ3n) is 4.18. The van der Waals surface area contributed by atoms with Gasteiger partial charge in [-0.25, -0.2) is 0 Å². The molecule has 0 fully saturated rings. The molecule has 0 amide bonds. The Morgan fingerprint density at radius 1 is 0.917 bits per heavy atom. The highest BCUT2D eigenvalue weighted by Crippen LogP contribution is 2.45. The lowest BCUT2D eigenvalue weighted by atomic mass is 9.69. The molecular weight excluding hydrogens is 320 g/mol. The van der Waals surface area contributed by atoms with E-state index in [9.17, 15) is 39.6 Å². The summed E-state index contributed by atoms with van der Waals surface area (Å²) in [7, 11) is 0. The predicted octanol–water partition coefficient (Wildman–Crippen LogP) is 0.988. The van der Waals surface area contributed by atoms with E-state index >= 15 is 0 Å². The van der Waals surface area contributed by atoms with Crippen LogP contribution < -0.4 is 0 Å². The van der Waals surface area contributed by atoms with Crippen LogP contribution in [-0.2, 0) is 4.79 Å². The largest absolute Gasteiger partial charge is 0.508 e. The number of aliphatic hydroxyl groups is 2. The molecule has 0 spiro atoms. The van der Waals surface area contributed by atoms with Crippen LogP contribution in [0.15, 0.2) is 29.2 Å². The SMILES string of the molecule is O=CC1=CC2C(=O)c3cc(C=O)c(O)c(O)c3C(=O)C2C(O)=C1O. The lowest BCUT2D eigenvalue weighted by molar-refractivity contribution is -0.105. The number of phenolic OH excluding ortho intramolecular Hbond substituents is 2. The summed E-state index contributed by atoms with van der Waals surface area (Å²) < 4.78 is 0. The van der Waals surface area contributed by atoms with Gasteiger partial charge in [0.1, 0.15) is 5.76 Å². The van der Waals surface area contributed by atoms with Crippen LogP contribution in [0.1, 0.15) is 31.1 Å². The van der Waals surface area contributed by atoms with E-state index in [1.807, 2.05) is 0 Å². The highest BCUT2D eigenvalue weighted by Gasteiger charge is 2.48. The smallest absolute Gasteiger partial charge is 0.179 e. The van der Waals surface area contributed by atoms with Crippen molar-refractivity contribution in [3.05, 3.63) is 45.9 Å². The molecule has 4 N–H and O–H groups in total. The van der Waals surface area contributed by atoms with Gasteiger partial charge < -0.3 is 20.4 Å². The molecular formula is C16H10O8. The summed E-state index contributed by atoms with van der Waals surface area (Å²) in [6, 6.07) is 0.956. The van der Waals surface area contributed by atoms with Crippen LogP contribution >= 0.6 is 0 Å². The van der Waals surface area contributed by atoms with E-state index in [1.165, 1.54) is 0 Å². The molecule has 2 aliphatic carbocycles. The highest BCUT2D eigenvalue weighted by molar-refractivity contribution is 6.20. The normalized spacial score (nSPS) is 22.6. The maximum atomic E-state index is 12.6. The number of ketones is 2. The summed E-state index contributed by atoms with van der Waals surface area (Å²) in [5.74, 6) is -7.99. The molecule has 24 heavy (non-hydrogen) atoms. The monoisotopic (exact) mass is 330 g/mol. The molecule has 122 valence electrons. The quantitative estimate of drug-likeness (QED) is 0.463. The Morgan fingerprint density at radius 3 is 2.17 bits per heavy atom. The van der Waals surface area contributed by atoms with Gasteiger partial charge in [-0.2, -0.15) is 0 Å². The van der Waals surface area contributed by atoms with Gasteiger partial charge in [0.2, 0.25) is 0 Å². The van der Waals surface area contributed by atoms with E-state index in [0.29, 0.717) is 0 Å². The Labute approximate surface area is 134 Å². The minimum absolute atomic E-state index is 0.204. The zero-order valence-electron chi connectivity index (χ0n) is 11.9. The second kappa shape index (κ2) is 5.05. The minimum Gasteiger partial charge on any atom is -0.508 e. The molecule has 0 aromatic heterocycles. The maximum absolute atomic E-state index is 12.6. The van der Waals surface area contributed by atoms with Crippen LogP contribution in [0.4, 0.5) is 0 Å². The molecule has 0 aliphatic heterocycles. The summed E-state index contributed by atoms with van der Waals surface area (Å²) in [6.07, 6.45) is 1.47.